The van der Waals surface area contributed by atoms with Gasteiger partial charge in [0.2, 0.25) is 5.95 Å². The van der Waals surface area contributed by atoms with Gasteiger partial charge in [-0.3, -0.25) is 4.79 Å². The van der Waals surface area contributed by atoms with Crippen molar-refractivity contribution in [2.75, 3.05) is 32.2 Å². The van der Waals surface area contributed by atoms with Crippen molar-refractivity contribution in [2.45, 2.75) is 31.5 Å². The molecule has 0 saturated carbocycles. The van der Waals surface area contributed by atoms with Crippen LogP contribution in [0.25, 0.3) is 11.3 Å². The lowest BCUT2D eigenvalue weighted by Crippen LogP contribution is -2.44. The molecule has 1 amide bonds. The van der Waals surface area contributed by atoms with Gasteiger partial charge in [0.25, 0.3) is 5.91 Å². The molecule has 1 fully saturated rings. The molecule has 0 aliphatic carbocycles. The lowest BCUT2D eigenvalue weighted by atomic mass is 10.0. The second kappa shape index (κ2) is 9.17. The maximum Gasteiger partial charge on any atom is 0.328 e. The minimum absolute atomic E-state index is 0.0824. The number of hydrogen-bond acceptors (Lipinski definition) is 7. The molecule has 2 aliphatic heterocycles. The Balaban J connectivity index is 1.60. The highest BCUT2D eigenvalue weighted by molar-refractivity contribution is 6.33. The van der Waals surface area contributed by atoms with Gasteiger partial charge in [-0.05, 0) is 24.5 Å². The number of aliphatic carboxylic acids is 1. The van der Waals surface area contributed by atoms with Gasteiger partial charge in [-0.1, -0.05) is 23.7 Å². The van der Waals surface area contributed by atoms with Crippen LogP contribution in [0.3, 0.4) is 0 Å². The Bertz CT molecular complexity index is 996. The third kappa shape index (κ3) is 4.48. The quantitative estimate of drug-likeness (QED) is 0.666. The van der Waals surface area contributed by atoms with Gasteiger partial charge < -0.3 is 24.8 Å². The molecule has 164 valence electrons. The molecule has 4 rings (SSSR count). The number of benzene rings is 1. The highest BCUT2D eigenvalue weighted by Gasteiger charge is 2.36. The van der Waals surface area contributed by atoms with E-state index in [1.807, 2.05) is 6.07 Å². The summed E-state index contributed by atoms with van der Waals surface area (Å²) in [5.74, 6) is -0.997. The standard InChI is InChI=1S/C21H23ClN4O5/c1-30-11-17(20(28)29)26-10-13-3-2-12(8-15(13)19(26)27)18-16(22)9-23-21(25-18)24-14-4-6-31-7-5-14/h2-3,8-9,14,17H,4-7,10-11H2,1H3,(H,28,29)(H,23,24,25). The monoisotopic (exact) mass is 446 g/mol. The first-order valence-electron chi connectivity index (χ1n) is 10.0. The molecule has 0 radical (unpaired) electrons. The van der Waals surface area contributed by atoms with Gasteiger partial charge in [0.05, 0.1) is 23.5 Å². The molecule has 2 aliphatic rings. The number of amides is 1. The molecule has 3 heterocycles. The zero-order chi connectivity index (χ0) is 22.0. The van der Waals surface area contributed by atoms with Crippen LogP contribution in [0.4, 0.5) is 5.95 Å². The van der Waals surface area contributed by atoms with Crippen molar-refractivity contribution in [3.8, 4) is 11.3 Å². The Labute approximate surface area is 184 Å². The number of carboxylic acid groups (broad SMARTS) is 1. The normalized spacial score (nSPS) is 17.5. The van der Waals surface area contributed by atoms with E-state index in [1.54, 1.807) is 12.1 Å². The van der Waals surface area contributed by atoms with Crippen LogP contribution in [-0.2, 0) is 20.8 Å². The molecular formula is C21H23ClN4O5. The van der Waals surface area contributed by atoms with Crippen LogP contribution in [0, 0.1) is 0 Å². The molecule has 9 nitrogen and oxygen atoms in total. The number of carbonyl (C=O) groups excluding carboxylic acids is 1. The zero-order valence-electron chi connectivity index (χ0n) is 17.0. The van der Waals surface area contributed by atoms with Crippen molar-refractivity contribution in [1.82, 2.24) is 14.9 Å². The molecular weight excluding hydrogens is 424 g/mol. The Kier molecular flexibility index (Phi) is 6.35. The summed E-state index contributed by atoms with van der Waals surface area (Å²) in [7, 11) is 1.41. The number of fused-ring (bicyclic) bond motifs is 1. The highest BCUT2D eigenvalue weighted by atomic mass is 35.5. The molecule has 1 aromatic carbocycles. The van der Waals surface area contributed by atoms with Gasteiger partial charge >= 0.3 is 5.97 Å². The van der Waals surface area contributed by atoms with E-state index in [1.165, 1.54) is 18.2 Å². The Morgan fingerprint density at radius 3 is 2.90 bits per heavy atom. The van der Waals surface area contributed by atoms with Crippen LogP contribution in [0.5, 0.6) is 0 Å². The van der Waals surface area contributed by atoms with Gasteiger partial charge in [0.1, 0.15) is 0 Å². The third-order valence-electron chi connectivity index (χ3n) is 5.50. The van der Waals surface area contributed by atoms with E-state index >= 15 is 0 Å². The molecule has 0 bridgehead atoms. The van der Waals surface area contributed by atoms with Crippen LogP contribution >= 0.6 is 11.6 Å². The number of methoxy groups -OCH3 is 1. The van der Waals surface area contributed by atoms with Crippen molar-refractivity contribution in [3.63, 3.8) is 0 Å². The lowest BCUT2D eigenvalue weighted by Gasteiger charge is -2.23. The van der Waals surface area contributed by atoms with Gasteiger partial charge in [0.15, 0.2) is 6.04 Å². The second-order valence-corrected chi connectivity index (χ2v) is 7.94. The molecule has 1 atom stereocenters. The van der Waals surface area contributed by atoms with Crippen molar-refractivity contribution < 1.29 is 24.2 Å². The van der Waals surface area contributed by atoms with Crippen LogP contribution in [0.15, 0.2) is 24.4 Å². The van der Waals surface area contributed by atoms with Crippen molar-refractivity contribution in [3.05, 3.63) is 40.5 Å². The lowest BCUT2D eigenvalue weighted by molar-refractivity contribution is -0.144. The van der Waals surface area contributed by atoms with E-state index in [-0.39, 0.29) is 25.1 Å². The minimum atomic E-state index is -1.11. The van der Waals surface area contributed by atoms with Crippen LogP contribution < -0.4 is 5.32 Å². The Morgan fingerprint density at radius 2 is 2.19 bits per heavy atom. The maximum absolute atomic E-state index is 12.9. The fourth-order valence-electron chi connectivity index (χ4n) is 3.84. The number of anilines is 1. The van der Waals surface area contributed by atoms with E-state index in [0.29, 0.717) is 41.0 Å². The van der Waals surface area contributed by atoms with Gasteiger partial charge in [-0.25, -0.2) is 14.8 Å². The molecule has 10 heteroatoms. The zero-order valence-corrected chi connectivity index (χ0v) is 17.8. The van der Waals surface area contributed by atoms with Crippen LogP contribution in [0.2, 0.25) is 5.02 Å². The maximum atomic E-state index is 12.9. The largest absolute Gasteiger partial charge is 0.480 e. The number of carbonyl (C=O) groups is 2. The summed E-state index contributed by atoms with van der Waals surface area (Å²) in [6, 6.07) is 4.51. The predicted octanol–water partition coefficient (Wildman–Crippen LogP) is 2.44. The summed E-state index contributed by atoms with van der Waals surface area (Å²) < 4.78 is 10.4. The average Bonchev–Trinajstić information content (AvgIpc) is 3.09. The summed E-state index contributed by atoms with van der Waals surface area (Å²) in [6.07, 6.45) is 3.28. The van der Waals surface area contributed by atoms with Crippen molar-refractivity contribution >= 4 is 29.4 Å². The van der Waals surface area contributed by atoms with E-state index in [9.17, 15) is 14.7 Å². The summed E-state index contributed by atoms with van der Waals surface area (Å²) in [5.41, 5.74) is 2.36. The molecule has 1 unspecified atom stereocenters. The Morgan fingerprint density at radius 1 is 1.42 bits per heavy atom. The predicted molar refractivity (Wildman–Crippen MR) is 113 cm³/mol. The first kappa shape index (κ1) is 21.5. The summed E-state index contributed by atoms with van der Waals surface area (Å²) >= 11 is 6.36. The minimum Gasteiger partial charge on any atom is -0.480 e. The molecule has 0 spiro atoms. The third-order valence-corrected chi connectivity index (χ3v) is 5.78. The summed E-state index contributed by atoms with van der Waals surface area (Å²) in [6.45, 7) is 1.52. The number of nitrogens with zero attached hydrogens (tertiary/aromatic N) is 3. The van der Waals surface area contributed by atoms with Crippen LogP contribution in [0.1, 0.15) is 28.8 Å². The fourth-order valence-corrected chi connectivity index (χ4v) is 4.04. The van der Waals surface area contributed by atoms with E-state index in [0.717, 1.165) is 18.4 Å². The van der Waals surface area contributed by atoms with E-state index in [2.05, 4.69) is 15.3 Å². The number of rotatable bonds is 7. The number of aromatic nitrogens is 2. The SMILES string of the molecule is COCC(C(=O)O)N1Cc2ccc(-c3nc(NC4CCOCC4)ncc3Cl)cc2C1=O. The summed E-state index contributed by atoms with van der Waals surface area (Å²) in [5, 5.41) is 13.1. The van der Waals surface area contributed by atoms with Crippen molar-refractivity contribution in [2.24, 2.45) is 0 Å². The average molecular weight is 447 g/mol. The second-order valence-electron chi connectivity index (χ2n) is 7.54. The van der Waals surface area contributed by atoms with Gasteiger partial charge in [0, 0.05) is 44.0 Å². The van der Waals surface area contributed by atoms with E-state index in [4.69, 9.17) is 21.1 Å². The number of carboxylic acids is 1. The van der Waals surface area contributed by atoms with Gasteiger partial charge in [-0.15, -0.1) is 0 Å². The first-order valence-corrected chi connectivity index (χ1v) is 10.4. The molecule has 2 aromatic rings. The number of hydrogen-bond donors (Lipinski definition) is 2. The number of nitrogens with one attached hydrogen (secondary N) is 1. The highest BCUT2D eigenvalue weighted by Crippen LogP contribution is 2.32. The van der Waals surface area contributed by atoms with Gasteiger partial charge in [-0.2, -0.15) is 0 Å². The summed E-state index contributed by atoms with van der Waals surface area (Å²) in [4.78, 5) is 34.7. The molecule has 1 saturated heterocycles. The van der Waals surface area contributed by atoms with Crippen LogP contribution in [-0.4, -0.2) is 70.9 Å². The van der Waals surface area contributed by atoms with Crippen molar-refractivity contribution in [1.29, 1.82) is 0 Å². The molecule has 1 aromatic heterocycles. The Hall–Kier alpha value is -2.75. The molecule has 2 N–H and O–H groups in total. The fraction of sp³-hybridized carbons (Fsp3) is 0.429. The van der Waals surface area contributed by atoms with E-state index < -0.39 is 12.0 Å². The number of ether oxygens (including phenoxy) is 2. The smallest absolute Gasteiger partial charge is 0.328 e. The topological polar surface area (TPSA) is 114 Å². The number of halogens is 1. The molecule has 31 heavy (non-hydrogen) atoms. The first-order chi connectivity index (χ1) is 15.0.